The second kappa shape index (κ2) is 11.8. The molecule has 0 radical (unpaired) electrons. The first-order valence-corrected chi connectivity index (χ1v) is 12.8. The smallest absolute Gasteiger partial charge is 0.162 e. The molecule has 0 amide bonds. The fourth-order valence-corrected chi connectivity index (χ4v) is 4.57. The highest BCUT2D eigenvalue weighted by atomic mass is 16.6. The van der Waals surface area contributed by atoms with E-state index in [1.165, 1.54) is 0 Å². The van der Waals surface area contributed by atoms with Gasteiger partial charge in [0, 0.05) is 50.0 Å². The van der Waals surface area contributed by atoms with Crippen LogP contribution in [-0.2, 0) is 4.74 Å². The first kappa shape index (κ1) is 25.3. The number of rotatable bonds is 9. The number of aromatic nitrogens is 2. The zero-order chi connectivity index (χ0) is 25.6. The SMILES string of the molecule is CNCC(O)COc1cccc(-c2nc(-c3ccc4c(c3)OCCO4)cc(N(C)C3CCOCC3)n2)c1. The standard InChI is InChI=1S/C28H34N4O5/c1-29-17-22(33)18-37-23-5-3-4-20(14-23)28-30-24(19-6-7-25-26(15-19)36-13-12-35-25)16-27(31-28)32(2)21-8-10-34-11-9-21/h3-7,14-16,21-22,29,33H,8-13,17-18H2,1-2H3. The van der Waals surface area contributed by atoms with E-state index in [1.807, 2.05) is 48.5 Å². The zero-order valence-electron chi connectivity index (χ0n) is 21.4. The highest BCUT2D eigenvalue weighted by molar-refractivity contribution is 5.70. The molecular formula is C28H34N4O5. The number of hydrogen-bond donors (Lipinski definition) is 2. The predicted octanol–water partition coefficient (Wildman–Crippen LogP) is 3.16. The van der Waals surface area contributed by atoms with Crippen molar-refractivity contribution in [3.8, 4) is 39.9 Å². The minimum Gasteiger partial charge on any atom is -0.491 e. The van der Waals surface area contributed by atoms with Crippen LogP contribution in [0.4, 0.5) is 5.82 Å². The molecule has 37 heavy (non-hydrogen) atoms. The van der Waals surface area contributed by atoms with Crippen molar-refractivity contribution in [2.75, 3.05) is 58.6 Å². The van der Waals surface area contributed by atoms with E-state index in [4.69, 9.17) is 28.9 Å². The lowest BCUT2D eigenvalue weighted by molar-refractivity contribution is 0.0853. The lowest BCUT2D eigenvalue weighted by atomic mass is 10.1. The number of aliphatic hydroxyl groups is 1. The summed E-state index contributed by atoms with van der Waals surface area (Å²) in [5.74, 6) is 3.56. The summed E-state index contributed by atoms with van der Waals surface area (Å²) < 4.78 is 22.9. The van der Waals surface area contributed by atoms with E-state index in [9.17, 15) is 5.11 Å². The normalized spacial score (nSPS) is 16.3. The number of aliphatic hydroxyl groups excluding tert-OH is 1. The lowest BCUT2D eigenvalue weighted by Gasteiger charge is -2.32. The molecule has 0 bridgehead atoms. The van der Waals surface area contributed by atoms with E-state index in [0.717, 1.165) is 60.2 Å². The van der Waals surface area contributed by atoms with Gasteiger partial charge >= 0.3 is 0 Å². The molecule has 0 saturated carbocycles. The molecule has 1 fully saturated rings. The molecule has 5 rings (SSSR count). The quantitative estimate of drug-likeness (QED) is 0.453. The molecule has 0 spiro atoms. The first-order chi connectivity index (χ1) is 18.1. The van der Waals surface area contributed by atoms with Crippen LogP contribution in [0, 0.1) is 0 Å². The number of ether oxygens (including phenoxy) is 4. The van der Waals surface area contributed by atoms with Gasteiger partial charge in [-0.15, -0.1) is 0 Å². The summed E-state index contributed by atoms with van der Waals surface area (Å²) in [6, 6.07) is 15.9. The minimum absolute atomic E-state index is 0.195. The van der Waals surface area contributed by atoms with Gasteiger partial charge in [0.1, 0.15) is 37.5 Å². The fourth-order valence-electron chi connectivity index (χ4n) is 4.57. The molecule has 1 aromatic heterocycles. The van der Waals surface area contributed by atoms with Gasteiger partial charge < -0.3 is 34.3 Å². The molecule has 1 atom stereocenters. The maximum atomic E-state index is 10.0. The Morgan fingerprint density at radius 2 is 1.81 bits per heavy atom. The summed E-state index contributed by atoms with van der Waals surface area (Å²) in [7, 11) is 3.88. The third kappa shape index (κ3) is 6.12. The van der Waals surface area contributed by atoms with Crippen molar-refractivity contribution in [2.24, 2.45) is 0 Å². The summed E-state index contributed by atoms with van der Waals surface area (Å²) in [5, 5.41) is 13.0. The van der Waals surface area contributed by atoms with Gasteiger partial charge in [-0.1, -0.05) is 12.1 Å². The van der Waals surface area contributed by atoms with Crippen LogP contribution >= 0.6 is 0 Å². The summed E-state index contributed by atoms with van der Waals surface area (Å²) in [4.78, 5) is 12.1. The largest absolute Gasteiger partial charge is 0.491 e. The van der Waals surface area contributed by atoms with Crippen molar-refractivity contribution in [2.45, 2.75) is 25.0 Å². The molecule has 2 aliphatic heterocycles. The number of fused-ring (bicyclic) bond motifs is 1. The van der Waals surface area contributed by atoms with E-state index in [1.54, 1.807) is 7.05 Å². The van der Waals surface area contributed by atoms with Crippen molar-refractivity contribution in [3.63, 3.8) is 0 Å². The van der Waals surface area contributed by atoms with Gasteiger partial charge in [0.05, 0.1) is 5.69 Å². The van der Waals surface area contributed by atoms with Gasteiger partial charge in [-0.25, -0.2) is 9.97 Å². The molecule has 3 aromatic rings. The van der Waals surface area contributed by atoms with Crippen molar-refractivity contribution in [3.05, 3.63) is 48.5 Å². The molecule has 0 aliphatic carbocycles. The third-order valence-electron chi connectivity index (χ3n) is 6.62. The number of nitrogens with one attached hydrogen (secondary N) is 1. The number of likely N-dealkylation sites (N-methyl/N-ethyl adjacent to an activating group) is 1. The molecule has 2 N–H and O–H groups in total. The van der Waals surface area contributed by atoms with Crippen LogP contribution in [-0.4, -0.2) is 80.9 Å². The van der Waals surface area contributed by atoms with Crippen LogP contribution in [0.3, 0.4) is 0 Å². The first-order valence-electron chi connectivity index (χ1n) is 12.8. The van der Waals surface area contributed by atoms with Gasteiger partial charge in [0.25, 0.3) is 0 Å². The minimum atomic E-state index is -0.594. The van der Waals surface area contributed by atoms with Gasteiger partial charge in [0.15, 0.2) is 17.3 Å². The topological polar surface area (TPSA) is 98.2 Å². The van der Waals surface area contributed by atoms with E-state index >= 15 is 0 Å². The van der Waals surface area contributed by atoms with E-state index in [2.05, 4.69) is 17.3 Å². The number of benzene rings is 2. The lowest BCUT2D eigenvalue weighted by Crippen LogP contribution is -2.37. The summed E-state index contributed by atoms with van der Waals surface area (Å²) in [6.07, 6.45) is 1.31. The van der Waals surface area contributed by atoms with Crippen LogP contribution < -0.4 is 24.4 Å². The summed E-state index contributed by atoms with van der Waals surface area (Å²) >= 11 is 0. The number of anilines is 1. The number of hydrogen-bond acceptors (Lipinski definition) is 9. The zero-order valence-corrected chi connectivity index (χ0v) is 21.4. The Bertz CT molecular complexity index is 1200. The Kier molecular flexibility index (Phi) is 8.03. The number of nitrogens with zero attached hydrogens (tertiary/aromatic N) is 3. The molecule has 9 heteroatoms. The molecular weight excluding hydrogens is 472 g/mol. The van der Waals surface area contributed by atoms with Gasteiger partial charge in [-0.3, -0.25) is 0 Å². The van der Waals surface area contributed by atoms with Gasteiger partial charge in [-0.05, 0) is 50.2 Å². The molecule has 2 aromatic carbocycles. The average Bonchev–Trinajstić information content (AvgIpc) is 2.96. The maximum Gasteiger partial charge on any atom is 0.162 e. The highest BCUT2D eigenvalue weighted by Gasteiger charge is 2.22. The summed E-state index contributed by atoms with van der Waals surface area (Å²) in [6.45, 7) is 3.23. The van der Waals surface area contributed by atoms with Crippen molar-refractivity contribution >= 4 is 5.82 Å². The van der Waals surface area contributed by atoms with E-state index < -0.39 is 6.10 Å². The molecule has 2 aliphatic rings. The van der Waals surface area contributed by atoms with Crippen LogP contribution in [0.25, 0.3) is 22.6 Å². The average molecular weight is 507 g/mol. The highest BCUT2D eigenvalue weighted by Crippen LogP contribution is 2.36. The molecule has 196 valence electrons. The Morgan fingerprint density at radius 3 is 2.62 bits per heavy atom. The van der Waals surface area contributed by atoms with Gasteiger partial charge in [-0.2, -0.15) is 0 Å². The van der Waals surface area contributed by atoms with Crippen molar-refractivity contribution in [1.82, 2.24) is 15.3 Å². The Balaban J connectivity index is 1.50. The molecule has 9 nitrogen and oxygen atoms in total. The molecule has 1 unspecified atom stereocenters. The predicted molar refractivity (Wildman–Crippen MR) is 142 cm³/mol. The van der Waals surface area contributed by atoms with E-state index in [0.29, 0.717) is 37.4 Å². The second-order valence-electron chi connectivity index (χ2n) is 9.30. The van der Waals surface area contributed by atoms with Crippen molar-refractivity contribution < 1.29 is 24.1 Å². The Morgan fingerprint density at radius 1 is 1.00 bits per heavy atom. The maximum absolute atomic E-state index is 10.0. The Hall–Kier alpha value is -3.40. The third-order valence-corrected chi connectivity index (χ3v) is 6.62. The van der Waals surface area contributed by atoms with Gasteiger partial charge in [0.2, 0.25) is 0 Å². The van der Waals surface area contributed by atoms with Crippen molar-refractivity contribution in [1.29, 1.82) is 0 Å². The van der Waals surface area contributed by atoms with Crippen LogP contribution in [0.5, 0.6) is 17.2 Å². The second-order valence-corrected chi connectivity index (χ2v) is 9.30. The monoisotopic (exact) mass is 506 g/mol. The fraction of sp³-hybridized carbons (Fsp3) is 0.429. The summed E-state index contributed by atoms with van der Waals surface area (Å²) in [5.41, 5.74) is 2.56. The van der Waals surface area contributed by atoms with Crippen LogP contribution in [0.1, 0.15) is 12.8 Å². The van der Waals surface area contributed by atoms with Crippen LogP contribution in [0.15, 0.2) is 48.5 Å². The molecule has 3 heterocycles. The Labute approximate surface area is 217 Å². The van der Waals surface area contributed by atoms with E-state index in [-0.39, 0.29) is 6.61 Å². The van der Waals surface area contributed by atoms with Crippen LogP contribution in [0.2, 0.25) is 0 Å². The molecule has 1 saturated heterocycles.